The van der Waals surface area contributed by atoms with Crippen LogP contribution in [0.3, 0.4) is 0 Å². The lowest BCUT2D eigenvalue weighted by Gasteiger charge is -2.18. The van der Waals surface area contributed by atoms with E-state index in [0.717, 1.165) is 32.1 Å². The SMILES string of the molecule is CC(O)CCCCCCO.O=C(O)CC(O)(CC(=O)O)C(=O)O. The van der Waals surface area contributed by atoms with Crippen LogP contribution in [0.5, 0.6) is 0 Å². The number of hydrogen-bond acceptors (Lipinski definition) is 6. The first-order chi connectivity index (χ1) is 10.5. The quantitative estimate of drug-likeness (QED) is 0.285. The third-order valence-electron chi connectivity index (χ3n) is 2.82. The zero-order valence-corrected chi connectivity index (χ0v) is 13.1. The molecule has 1 unspecified atom stereocenters. The van der Waals surface area contributed by atoms with E-state index in [9.17, 15) is 14.4 Å². The van der Waals surface area contributed by atoms with Crippen LogP contribution in [-0.2, 0) is 14.4 Å². The maximum Gasteiger partial charge on any atom is 0.336 e. The van der Waals surface area contributed by atoms with Crippen molar-refractivity contribution in [2.45, 2.75) is 63.6 Å². The predicted octanol–water partition coefficient (Wildman–Crippen LogP) is 0.0615. The number of carbonyl (C=O) groups is 3. The summed E-state index contributed by atoms with van der Waals surface area (Å²) < 4.78 is 0. The Morgan fingerprint density at radius 2 is 1.35 bits per heavy atom. The van der Waals surface area contributed by atoms with Crippen molar-refractivity contribution in [3.8, 4) is 0 Å². The zero-order chi connectivity index (χ0) is 18.5. The Morgan fingerprint density at radius 1 is 0.913 bits per heavy atom. The molecule has 0 bridgehead atoms. The van der Waals surface area contributed by atoms with Gasteiger partial charge in [-0.25, -0.2) is 4.79 Å². The van der Waals surface area contributed by atoms with Gasteiger partial charge in [-0.3, -0.25) is 9.59 Å². The van der Waals surface area contributed by atoms with Crippen LogP contribution in [0.4, 0.5) is 0 Å². The minimum atomic E-state index is -2.74. The van der Waals surface area contributed by atoms with Gasteiger partial charge < -0.3 is 30.6 Å². The first-order valence-electron chi connectivity index (χ1n) is 7.23. The lowest BCUT2D eigenvalue weighted by molar-refractivity contribution is -0.170. The summed E-state index contributed by atoms with van der Waals surface area (Å²) in [5.74, 6) is -5.02. The fourth-order valence-corrected chi connectivity index (χ4v) is 1.62. The van der Waals surface area contributed by atoms with Crippen molar-refractivity contribution in [2.24, 2.45) is 0 Å². The summed E-state index contributed by atoms with van der Waals surface area (Å²) in [7, 11) is 0. The van der Waals surface area contributed by atoms with Gasteiger partial charge in [0.1, 0.15) is 0 Å². The van der Waals surface area contributed by atoms with Crippen LogP contribution in [0, 0.1) is 0 Å². The van der Waals surface area contributed by atoms with Crippen LogP contribution in [-0.4, -0.2) is 66.9 Å². The van der Waals surface area contributed by atoms with E-state index in [-0.39, 0.29) is 6.10 Å². The molecule has 0 spiro atoms. The minimum Gasteiger partial charge on any atom is -0.481 e. The van der Waals surface area contributed by atoms with Gasteiger partial charge in [0.15, 0.2) is 5.60 Å². The maximum absolute atomic E-state index is 10.3. The Morgan fingerprint density at radius 3 is 1.65 bits per heavy atom. The van der Waals surface area contributed by atoms with E-state index in [1.807, 2.05) is 6.92 Å². The van der Waals surface area contributed by atoms with Crippen molar-refractivity contribution in [2.75, 3.05) is 6.61 Å². The number of aliphatic hydroxyl groups excluding tert-OH is 2. The summed E-state index contributed by atoms with van der Waals surface area (Å²) in [5.41, 5.74) is -2.74. The molecule has 0 saturated carbocycles. The Labute approximate surface area is 134 Å². The molecule has 0 aliphatic heterocycles. The van der Waals surface area contributed by atoms with Gasteiger partial charge in [-0.1, -0.05) is 19.3 Å². The number of hydrogen-bond donors (Lipinski definition) is 6. The molecule has 0 amide bonds. The molecule has 0 saturated heterocycles. The summed E-state index contributed by atoms with van der Waals surface area (Å²) >= 11 is 0. The van der Waals surface area contributed by atoms with Gasteiger partial charge in [0, 0.05) is 6.61 Å². The second kappa shape index (κ2) is 12.8. The van der Waals surface area contributed by atoms with Gasteiger partial charge in [0.25, 0.3) is 0 Å². The van der Waals surface area contributed by atoms with E-state index >= 15 is 0 Å². The van der Waals surface area contributed by atoms with Crippen LogP contribution in [0.1, 0.15) is 51.9 Å². The van der Waals surface area contributed by atoms with Gasteiger partial charge in [-0.15, -0.1) is 0 Å². The molecule has 23 heavy (non-hydrogen) atoms. The van der Waals surface area contributed by atoms with Crippen LogP contribution in [0.25, 0.3) is 0 Å². The standard InChI is InChI=1S/C8H18O2.C6H8O7/c1-8(10)6-4-2-3-5-7-9;7-3(8)1-6(13,5(11)12)2-4(9)10/h8-10H,2-7H2,1H3;13H,1-2H2,(H,7,8)(H,9,10)(H,11,12). The van der Waals surface area contributed by atoms with Crippen molar-refractivity contribution in [3.63, 3.8) is 0 Å². The molecule has 136 valence electrons. The molecule has 9 heteroatoms. The van der Waals surface area contributed by atoms with E-state index in [1.54, 1.807) is 0 Å². The Balaban J connectivity index is 0. The molecule has 0 radical (unpaired) electrons. The number of rotatable bonds is 11. The monoisotopic (exact) mass is 338 g/mol. The second-order valence-corrected chi connectivity index (χ2v) is 5.25. The summed E-state index contributed by atoms with van der Waals surface area (Å²) in [5, 5.41) is 51.1. The van der Waals surface area contributed by atoms with E-state index in [1.165, 1.54) is 0 Å². The maximum atomic E-state index is 10.3. The molecule has 0 aromatic rings. The highest BCUT2D eigenvalue weighted by molar-refractivity contribution is 5.88. The number of aliphatic hydroxyl groups is 3. The first kappa shape index (κ1) is 23.6. The Bertz CT molecular complexity index is 349. The number of carboxylic acid groups (broad SMARTS) is 3. The van der Waals surface area contributed by atoms with E-state index in [4.69, 9.17) is 30.6 Å². The summed E-state index contributed by atoms with van der Waals surface area (Å²) in [6.45, 7) is 2.11. The highest BCUT2D eigenvalue weighted by atomic mass is 16.4. The highest BCUT2D eigenvalue weighted by Gasteiger charge is 2.40. The summed E-state index contributed by atoms with van der Waals surface area (Å²) in [6, 6.07) is 0. The molecule has 0 aromatic heterocycles. The number of aliphatic carboxylic acids is 3. The van der Waals surface area contributed by atoms with Crippen molar-refractivity contribution in [1.29, 1.82) is 0 Å². The minimum absolute atomic E-state index is 0.158. The Kier molecular flexibility index (Phi) is 13.1. The second-order valence-electron chi connectivity index (χ2n) is 5.25. The zero-order valence-electron chi connectivity index (χ0n) is 13.1. The molecule has 9 nitrogen and oxygen atoms in total. The van der Waals surface area contributed by atoms with Crippen molar-refractivity contribution in [1.82, 2.24) is 0 Å². The lowest BCUT2D eigenvalue weighted by Crippen LogP contribution is -2.42. The molecule has 6 N–H and O–H groups in total. The Hall–Kier alpha value is -1.71. The van der Waals surface area contributed by atoms with Gasteiger partial charge in [0.05, 0.1) is 18.9 Å². The number of carboxylic acids is 3. The van der Waals surface area contributed by atoms with Crippen LogP contribution in [0.2, 0.25) is 0 Å². The summed E-state index contributed by atoms with van der Waals surface area (Å²) in [4.78, 5) is 30.5. The number of unbranched alkanes of at least 4 members (excludes halogenated alkanes) is 3. The van der Waals surface area contributed by atoms with E-state index < -0.39 is 36.4 Å². The largest absolute Gasteiger partial charge is 0.481 e. The molecule has 0 heterocycles. The third-order valence-corrected chi connectivity index (χ3v) is 2.82. The van der Waals surface area contributed by atoms with Gasteiger partial charge in [0.2, 0.25) is 0 Å². The normalized spacial score (nSPS) is 12.0. The topological polar surface area (TPSA) is 173 Å². The van der Waals surface area contributed by atoms with Crippen molar-refractivity contribution in [3.05, 3.63) is 0 Å². The van der Waals surface area contributed by atoms with Crippen LogP contribution < -0.4 is 0 Å². The smallest absolute Gasteiger partial charge is 0.336 e. The average Bonchev–Trinajstić information content (AvgIpc) is 2.36. The van der Waals surface area contributed by atoms with E-state index in [0.29, 0.717) is 6.61 Å². The van der Waals surface area contributed by atoms with Crippen LogP contribution in [0.15, 0.2) is 0 Å². The first-order valence-corrected chi connectivity index (χ1v) is 7.23. The molecule has 0 aromatic carbocycles. The van der Waals surface area contributed by atoms with E-state index in [2.05, 4.69) is 0 Å². The lowest BCUT2D eigenvalue weighted by atomic mass is 9.96. The summed E-state index contributed by atoms with van der Waals surface area (Å²) in [6.07, 6.45) is 2.65. The average molecular weight is 338 g/mol. The molecule has 1 atom stereocenters. The van der Waals surface area contributed by atoms with Crippen molar-refractivity contribution >= 4 is 17.9 Å². The van der Waals surface area contributed by atoms with Gasteiger partial charge in [-0.05, 0) is 19.8 Å². The molecule has 0 aliphatic rings. The fourth-order valence-electron chi connectivity index (χ4n) is 1.62. The molecule has 0 fully saturated rings. The van der Waals surface area contributed by atoms with Gasteiger partial charge >= 0.3 is 17.9 Å². The molecular formula is C14H26O9. The third kappa shape index (κ3) is 15.0. The van der Waals surface area contributed by atoms with Crippen molar-refractivity contribution < 1.29 is 45.0 Å². The molecule has 0 rings (SSSR count). The molecular weight excluding hydrogens is 312 g/mol. The highest BCUT2D eigenvalue weighted by Crippen LogP contribution is 2.15. The molecule has 0 aliphatic carbocycles. The van der Waals surface area contributed by atoms with Gasteiger partial charge in [-0.2, -0.15) is 0 Å². The van der Waals surface area contributed by atoms with Crippen LogP contribution >= 0.6 is 0 Å². The predicted molar refractivity (Wildman–Crippen MR) is 78.9 cm³/mol. The fraction of sp³-hybridized carbons (Fsp3) is 0.786.